The molecule has 1 saturated heterocycles. The number of halogens is 1. The van der Waals surface area contributed by atoms with Crippen molar-refractivity contribution in [3.63, 3.8) is 0 Å². The number of benzene rings is 2. The van der Waals surface area contributed by atoms with Crippen LogP contribution in [0.3, 0.4) is 0 Å². The number of nitrogens with zero attached hydrogens (tertiary/aromatic N) is 1. The van der Waals surface area contributed by atoms with Crippen LogP contribution in [-0.4, -0.2) is 17.0 Å². The van der Waals surface area contributed by atoms with E-state index < -0.39 is 0 Å². The van der Waals surface area contributed by atoms with Crippen LogP contribution in [0, 0.1) is 0 Å². The summed E-state index contributed by atoms with van der Waals surface area (Å²) in [6.07, 6.45) is 1.83. The van der Waals surface area contributed by atoms with Crippen molar-refractivity contribution in [2.45, 2.75) is 6.92 Å². The second-order valence-corrected chi connectivity index (χ2v) is 7.21. The molecule has 0 radical (unpaired) electrons. The van der Waals surface area contributed by atoms with Gasteiger partial charge in [0.1, 0.15) is 0 Å². The lowest BCUT2D eigenvalue weighted by Gasteiger charge is -2.02. The van der Waals surface area contributed by atoms with E-state index in [0.29, 0.717) is 21.4 Å². The van der Waals surface area contributed by atoms with E-state index >= 15 is 0 Å². The van der Waals surface area contributed by atoms with Crippen molar-refractivity contribution in [3.8, 4) is 0 Å². The number of carbonyl (C=O) groups is 2. The first-order valence-electron chi connectivity index (χ1n) is 7.42. The quantitative estimate of drug-likeness (QED) is 0.734. The lowest BCUT2D eigenvalue weighted by Crippen LogP contribution is -2.19. The highest BCUT2D eigenvalue weighted by Gasteiger charge is 2.23. The predicted octanol–water partition coefficient (Wildman–Crippen LogP) is 4.30. The summed E-state index contributed by atoms with van der Waals surface area (Å²) in [4.78, 5) is 28.1. The number of rotatable bonds is 3. The van der Waals surface area contributed by atoms with Crippen LogP contribution >= 0.6 is 27.7 Å². The van der Waals surface area contributed by atoms with E-state index in [0.717, 1.165) is 10.0 Å². The Morgan fingerprint density at radius 1 is 1.24 bits per heavy atom. The first-order chi connectivity index (χ1) is 12.0. The lowest BCUT2D eigenvalue weighted by atomic mass is 10.2. The molecule has 2 aromatic carbocycles. The molecule has 25 heavy (non-hydrogen) atoms. The minimum absolute atomic E-state index is 0.125. The lowest BCUT2D eigenvalue weighted by molar-refractivity contribution is -0.115. The summed E-state index contributed by atoms with van der Waals surface area (Å²) in [7, 11) is 0. The van der Waals surface area contributed by atoms with Gasteiger partial charge in [-0.2, -0.15) is 0 Å². The molecule has 0 bridgehead atoms. The third kappa shape index (κ3) is 4.80. The molecule has 2 N–H and O–H groups in total. The molecule has 0 saturated carbocycles. The van der Waals surface area contributed by atoms with Gasteiger partial charge in [0.05, 0.1) is 10.6 Å². The second-order valence-electron chi connectivity index (χ2n) is 5.26. The van der Waals surface area contributed by atoms with E-state index in [4.69, 9.17) is 0 Å². The zero-order chi connectivity index (χ0) is 17.8. The van der Waals surface area contributed by atoms with E-state index in [1.807, 2.05) is 30.3 Å². The van der Waals surface area contributed by atoms with Crippen LogP contribution in [0.5, 0.6) is 0 Å². The van der Waals surface area contributed by atoms with Crippen LogP contribution in [0.2, 0.25) is 0 Å². The Hall–Kier alpha value is -2.38. The van der Waals surface area contributed by atoms with E-state index in [2.05, 4.69) is 31.6 Å². The first-order valence-corrected chi connectivity index (χ1v) is 9.03. The van der Waals surface area contributed by atoms with Crippen molar-refractivity contribution in [1.29, 1.82) is 0 Å². The van der Waals surface area contributed by atoms with Crippen molar-refractivity contribution in [2.24, 2.45) is 4.99 Å². The molecular formula is C18H14BrN3O2S. The SMILES string of the molecule is CC(=O)Nc1ccc(N=C2NC(=O)/C(=C/c3cccc(Br)c3)S2)cc1. The Labute approximate surface area is 157 Å². The minimum atomic E-state index is -0.168. The normalized spacial score (nSPS) is 17.0. The highest BCUT2D eigenvalue weighted by molar-refractivity contribution is 9.10. The molecule has 0 unspecified atom stereocenters. The maximum Gasteiger partial charge on any atom is 0.264 e. The van der Waals surface area contributed by atoms with Crippen molar-refractivity contribution in [2.75, 3.05) is 5.32 Å². The first kappa shape index (κ1) is 17.4. The van der Waals surface area contributed by atoms with Gasteiger partial charge < -0.3 is 10.6 Å². The largest absolute Gasteiger partial charge is 0.326 e. The molecule has 7 heteroatoms. The average Bonchev–Trinajstić information content (AvgIpc) is 2.88. The molecule has 1 aliphatic heterocycles. The maximum absolute atomic E-state index is 12.1. The number of hydrogen-bond donors (Lipinski definition) is 2. The molecule has 5 nitrogen and oxygen atoms in total. The molecule has 2 aromatic rings. The highest BCUT2D eigenvalue weighted by atomic mass is 79.9. The van der Waals surface area contributed by atoms with E-state index in [9.17, 15) is 9.59 Å². The van der Waals surface area contributed by atoms with Gasteiger partial charge in [-0.1, -0.05) is 28.1 Å². The van der Waals surface area contributed by atoms with Gasteiger partial charge in [0.2, 0.25) is 5.91 Å². The average molecular weight is 416 g/mol. The Bertz CT molecular complexity index is 891. The van der Waals surface area contributed by atoms with E-state index in [-0.39, 0.29) is 11.8 Å². The third-order valence-electron chi connectivity index (χ3n) is 3.22. The summed E-state index contributed by atoms with van der Waals surface area (Å²) < 4.78 is 0.957. The van der Waals surface area contributed by atoms with Crippen LogP contribution in [0.4, 0.5) is 11.4 Å². The minimum Gasteiger partial charge on any atom is -0.326 e. The predicted molar refractivity (Wildman–Crippen MR) is 106 cm³/mol. The van der Waals surface area contributed by atoms with Crippen molar-refractivity contribution in [1.82, 2.24) is 5.32 Å². The Balaban J connectivity index is 1.75. The van der Waals surface area contributed by atoms with Gasteiger partial charge >= 0.3 is 0 Å². The summed E-state index contributed by atoms with van der Waals surface area (Å²) in [5.74, 6) is -0.293. The van der Waals surface area contributed by atoms with Gasteiger partial charge in [0.15, 0.2) is 5.17 Å². The molecule has 2 amide bonds. The highest BCUT2D eigenvalue weighted by Crippen LogP contribution is 2.28. The van der Waals surface area contributed by atoms with E-state index in [1.165, 1.54) is 18.7 Å². The number of amides is 2. The van der Waals surface area contributed by atoms with Crippen LogP contribution in [0.25, 0.3) is 6.08 Å². The van der Waals surface area contributed by atoms with Crippen LogP contribution < -0.4 is 10.6 Å². The number of aliphatic imine (C=N–C) groups is 1. The fraction of sp³-hybridized carbons (Fsp3) is 0.0556. The second kappa shape index (κ2) is 7.67. The molecule has 0 aliphatic carbocycles. The van der Waals surface area contributed by atoms with Crippen molar-refractivity contribution >= 4 is 62.1 Å². The smallest absolute Gasteiger partial charge is 0.264 e. The molecule has 0 aromatic heterocycles. The summed E-state index contributed by atoms with van der Waals surface area (Å²) in [5, 5.41) is 5.98. The Morgan fingerprint density at radius 3 is 2.68 bits per heavy atom. The third-order valence-corrected chi connectivity index (χ3v) is 4.62. The van der Waals surface area contributed by atoms with Crippen molar-refractivity contribution < 1.29 is 9.59 Å². The molecule has 1 fully saturated rings. The fourth-order valence-electron chi connectivity index (χ4n) is 2.17. The van der Waals surface area contributed by atoms with Crippen molar-refractivity contribution in [3.05, 3.63) is 63.5 Å². The summed E-state index contributed by atoms with van der Waals surface area (Å²) in [5.41, 5.74) is 2.34. The van der Waals surface area contributed by atoms with Crippen LogP contribution in [0.15, 0.2) is 62.9 Å². The van der Waals surface area contributed by atoms with E-state index in [1.54, 1.807) is 24.3 Å². The zero-order valence-corrected chi connectivity index (χ0v) is 15.6. The fourth-order valence-corrected chi connectivity index (χ4v) is 3.43. The summed E-state index contributed by atoms with van der Waals surface area (Å²) in [6, 6.07) is 14.8. The number of thioether (sulfide) groups is 1. The van der Waals surface area contributed by atoms with Crippen LogP contribution in [-0.2, 0) is 9.59 Å². The molecule has 1 heterocycles. The topological polar surface area (TPSA) is 70.6 Å². The molecule has 126 valence electrons. The van der Waals surface area contributed by atoms with Gasteiger partial charge in [0.25, 0.3) is 5.91 Å². The molecular weight excluding hydrogens is 402 g/mol. The zero-order valence-electron chi connectivity index (χ0n) is 13.2. The monoisotopic (exact) mass is 415 g/mol. The Kier molecular flexibility index (Phi) is 5.35. The molecule has 3 rings (SSSR count). The van der Waals surface area contributed by atoms with Gasteiger partial charge in [-0.15, -0.1) is 0 Å². The Morgan fingerprint density at radius 2 is 2.00 bits per heavy atom. The maximum atomic E-state index is 12.1. The molecule has 1 aliphatic rings. The summed E-state index contributed by atoms with van der Waals surface area (Å²) in [6.45, 7) is 1.46. The van der Waals surface area contributed by atoms with Crippen LogP contribution in [0.1, 0.15) is 12.5 Å². The number of nitrogens with one attached hydrogen (secondary N) is 2. The van der Waals surface area contributed by atoms with Gasteiger partial charge in [-0.3, -0.25) is 9.59 Å². The number of carbonyl (C=O) groups excluding carboxylic acids is 2. The molecule has 0 atom stereocenters. The standard InChI is InChI=1S/C18H14BrN3O2S/c1-11(23)20-14-5-7-15(8-6-14)21-18-22-17(24)16(25-18)10-12-3-2-4-13(19)9-12/h2-10H,1H3,(H,20,23)(H,21,22,24)/b16-10-. The number of anilines is 1. The number of hydrogen-bond acceptors (Lipinski definition) is 4. The van der Waals surface area contributed by atoms with Gasteiger partial charge in [-0.05, 0) is 59.8 Å². The molecule has 0 spiro atoms. The van der Waals surface area contributed by atoms with Gasteiger partial charge in [-0.25, -0.2) is 4.99 Å². The summed E-state index contributed by atoms with van der Waals surface area (Å²) >= 11 is 4.71. The van der Waals surface area contributed by atoms with Gasteiger partial charge in [0, 0.05) is 17.1 Å². The number of amidine groups is 1.